The lowest BCUT2D eigenvalue weighted by Crippen LogP contribution is -2.49. The van der Waals surface area contributed by atoms with E-state index in [9.17, 15) is 18.3 Å². The van der Waals surface area contributed by atoms with Gasteiger partial charge < -0.3 is 9.84 Å². The maximum Gasteiger partial charge on any atom is 0.313 e. The van der Waals surface area contributed by atoms with Gasteiger partial charge in [0.1, 0.15) is 9.62 Å². The number of sulfonamides is 1. The molecule has 0 aromatic carbocycles. The lowest BCUT2D eigenvalue weighted by atomic mass is 9.86. The van der Waals surface area contributed by atoms with E-state index in [4.69, 9.17) is 4.74 Å². The zero-order chi connectivity index (χ0) is 14.3. The van der Waals surface area contributed by atoms with Crippen molar-refractivity contribution in [3.63, 3.8) is 0 Å². The third kappa shape index (κ3) is 2.66. The van der Waals surface area contributed by atoms with Crippen LogP contribution in [0.4, 0.5) is 0 Å². The van der Waals surface area contributed by atoms with E-state index in [-0.39, 0.29) is 17.4 Å². The number of carboxylic acid groups (broad SMARTS) is 1. The third-order valence-corrected chi connectivity index (χ3v) is 6.19. The molecule has 1 aliphatic heterocycles. The summed E-state index contributed by atoms with van der Waals surface area (Å²) >= 11 is 1.15. The molecule has 0 radical (unpaired) electrons. The van der Waals surface area contributed by atoms with Crippen molar-refractivity contribution in [1.29, 1.82) is 0 Å². The average Bonchev–Trinajstić information content (AvgIpc) is 2.87. The first-order valence-corrected chi connectivity index (χ1v) is 7.95. The Hall–Kier alpha value is -0.960. The molecule has 2 heterocycles. The highest BCUT2D eigenvalue weighted by Gasteiger charge is 2.48. The smallest absolute Gasteiger partial charge is 0.313 e. The summed E-state index contributed by atoms with van der Waals surface area (Å²) in [6, 6.07) is 2.45. The first kappa shape index (κ1) is 14.4. The van der Waals surface area contributed by atoms with E-state index < -0.39 is 27.4 Å². The predicted octanol–water partition coefficient (Wildman–Crippen LogP) is 0.825. The number of rotatable bonds is 4. The highest BCUT2D eigenvalue weighted by atomic mass is 32.2. The number of carbonyl (C=O) groups is 1. The number of hydrogen-bond donors (Lipinski definition) is 2. The van der Waals surface area contributed by atoms with Gasteiger partial charge in [-0.05, 0) is 26.0 Å². The summed E-state index contributed by atoms with van der Waals surface area (Å²) in [6.07, 6.45) is 0. The molecule has 0 spiro atoms. The molecule has 6 nitrogen and oxygen atoms in total. The second-order valence-corrected chi connectivity index (χ2v) is 8.01. The third-order valence-electron chi connectivity index (χ3n) is 3.22. The van der Waals surface area contributed by atoms with E-state index in [0.29, 0.717) is 0 Å². The Balaban J connectivity index is 2.23. The molecule has 2 rings (SSSR count). The summed E-state index contributed by atoms with van der Waals surface area (Å²) in [5.41, 5.74) is -1.24. The van der Waals surface area contributed by atoms with Crippen molar-refractivity contribution >= 4 is 27.3 Å². The first-order valence-electron chi connectivity index (χ1n) is 5.65. The molecule has 0 saturated carbocycles. The topological polar surface area (TPSA) is 92.7 Å². The number of aryl methyl sites for hydroxylation is 1. The Morgan fingerprint density at radius 1 is 1.58 bits per heavy atom. The Morgan fingerprint density at radius 2 is 2.26 bits per heavy atom. The van der Waals surface area contributed by atoms with Crippen LogP contribution in [0.25, 0.3) is 0 Å². The van der Waals surface area contributed by atoms with Gasteiger partial charge in [0.2, 0.25) is 10.0 Å². The van der Waals surface area contributed by atoms with Gasteiger partial charge in [-0.25, -0.2) is 13.1 Å². The van der Waals surface area contributed by atoms with Gasteiger partial charge >= 0.3 is 5.97 Å². The maximum absolute atomic E-state index is 12.2. The number of thiophene rings is 1. The first-order chi connectivity index (χ1) is 8.75. The minimum Gasteiger partial charge on any atom is -0.481 e. The predicted molar refractivity (Wildman–Crippen MR) is 69.7 cm³/mol. The van der Waals surface area contributed by atoms with Crippen LogP contribution < -0.4 is 4.72 Å². The Labute approximate surface area is 115 Å². The highest BCUT2D eigenvalue weighted by molar-refractivity contribution is 7.91. The van der Waals surface area contributed by atoms with Crippen LogP contribution in [-0.4, -0.2) is 38.7 Å². The van der Waals surface area contributed by atoms with Gasteiger partial charge in [0, 0.05) is 4.88 Å². The normalized spacial score (nSPS) is 27.6. The molecule has 2 unspecified atom stereocenters. The highest BCUT2D eigenvalue weighted by Crippen LogP contribution is 2.30. The molecule has 0 amide bonds. The number of ether oxygens (including phenoxy) is 1. The van der Waals surface area contributed by atoms with Crippen LogP contribution in [0.2, 0.25) is 0 Å². The number of carboxylic acids is 1. The van der Waals surface area contributed by atoms with E-state index in [2.05, 4.69) is 4.72 Å². The van der Waals surface area contributed by atoms with Gasteiger partial charge in [0.25, 0.3) is 0 Å². The monoisotopic (exact) mass is 305 g/mol. The fourth-order valence-electron chi connectivity index (χ4n) is 1.85. The lowest BCUT2D eigenvalue weighted by Gasteiger charge is -2.24. The second kappa shape index (κ2) is 4.86. The summed E-state index contributed by atoms with van der Waals surface area (Å²) in [6.45, 7) is 3.35. The molecule has 106 valence electrons. The van der Waals surface area contributed by atoms with Crippen molar-refractivity contribution in [3.05, 3.63) is 17.0 Å². The zero-order valence-corrected chi connectivity index (χ0v) is 12.2. The van der Waals surface area contributed by atoms with Crippen molar-refractivity contribution in [3.8, 4) is 0 Å². The van der Waals surface area contributed by atoms with Crippen molar-refractivity contribution < 1.29 is 23.1 Å². The van der Waals surface area contributed by atoms with Crippen molar-refractivity contribution in [2.75, 3.05) is 13.2 Å². The van der Waals surface area contributed by atoms with Crippen LogP contribution in [0.15, 0.2) is 16.3 Å². The molecule has 2 N–H and O–H groups in total. The molecular formula is C11H15NO5S2. The van der Waals surface area contributed by atoms with Gasteiger partial charge in [0.15, 0.2) is 0 Å². The molecule has 1 saturated heterocycles. The summed E-state index contributed by atoms with van der Waals surface area (Å²) < 4.78 is 32.1. The maximum atomic E-state index is 12.2. The van der Waals surface area contributed by atoms with E-state index >= 15 is 0 Å². The van der Waals surface area contributed by atoms with Crippen molar-refractivity contribution in [1.82, 2.24) is 4.72 Å². The molecule has 1 aromatic rings. The van der Waals surface area contributed by atoms with E-state index in [1.54, 1.807) is 6.07 Å². The summed E-state index contributed by atoms with van der Waals surface area (Å²) in [5.74, 6) is -1.07. The minimum atomic E-state index is -3.70. The molecule has 2 atom stereocenters. The molecule has 0 aliphatic carbocycles. The van der Waals surface area contributed by atoms with Gasteiger partial charge in [-0.15, -0.1) is 11.3 Å². The minimum absolute atomic E-state index is 0.00100. The van der Waals surface area contributed by atoms with Crippen LogP contribution in [0.1, 0.15) is 11.8 Å². The fourth-order valence-corrected chi connectivity index (χ4v) is 4.48. The van der Waals surface area contributed by atoms with Gasteiger partial charge in [-0.3, -0.25) is 4.79 Å². The quantitative estimate of drug-likeness (QED) is 0.859. The molecular weight excluding hydrogens is 290 g/mol. The molecule has 1 aromatic heterocycles. The SMILES string of the molecule is Cc1ccc(S(=O)(=O)NC2COCC2(C)C(=O)O)s1. The van der Waals surface area contributed by atoms with Crippen LogP contribution in [0.5, 0.6) is 0 Å². The molecule has 1 aliphatic rings. The number of nitrogens with one attached hydrogen (secondary N) is 1. The van der Waals surface area contributed by atoms with Crippen LogP contribution in [0, 0.1) is 12.3 Å². The summed E-state index contributed by atoms with van der Waals surface area (Å²) in [5, 5.41) is 9.20. The second-order valence-electron chi connectivity index (χ2n) is 4.78. The molecule has 1 fully saturated rings. The van der Waals surface area contributed by atoms with Gasteiger partial charge in [-0.1, -0.05) is 0 Å². The Morgan fingerprint density at radius 3 is 2.79 bits per heavy atom. The molecule has 8 heteroatoms. The van der Waals surface area contributed by atoms with Gasteiger partial charge in [0.05, 0.1) is 19.3 Å². The fraction of sp³-hybridized carbons (Fsp3) is 0.545. The summed E-state index contributed by atoms with van der Waals surface area (Å²) in [7, 11) is -3.70. The number of hydrogen-bond acceptors (Lipinski definition) is 5. The molecule has 19 heavy (non-hydrogen) atoms. The van der Waals surface area contributed by atoms with Crippen LogP contribution in [-0.2, 0) is 19.6 Å². The number of aliphatic carboxylic acids is 1. The van der Waals surface area contributed by atoms with E-state index in [1.807, 2.05) is 6.92 Å². The van der Waals surface area contributed by atoms with Crippen LogP contribution in [0.3, 0.4) is 0 Å². The van der Waals surface area contributed by atoms with E-state index in [1.165, 1.54) is 13.0 Å². The van der Waals surface area contributed by atoms with Crippen LogP contribution >= 0.6 is 11.3 Å². The molecule has 0 bridgehead atoms. The Bertz CT molecular complexity index is 594. The largest absolute Gasteiger partial charge is 0.481 e. The van der Waals surface area contributed by atoms with Crippen molar-refractivity contribution in [2.45, 2.75) is 24.1 Å². The standard InChI is InChI=1S/C11H15NO5S2/c1-7-3-4-9(18-7)19(15,16)12-8-5-17-6-11(8,2)10(13)14/h3-4,8,12H,5-6H2,1-2H3,(H,13,14). The summed E-state index contributed by atoms with van der Waals surface area (Å²) in [4.78, 5) is 12.1. The van der Waals surface area contributed by atoms with Gasteiger partial charge in [-0.2, -0.15) is 0 Å². The van der Waals surface area contributed by atoms with Crippen molar-refractivity contribution in [2.24, 2.45) is 5.41 Å². The lowest BCUT2D eigenvalue weighted by molar-refractivity contribution is -0.148. The average molecular weight is 305 g/mol. The Kier molecular flexibility index (Phi) is 3.69. The van der Waals surface area contributed by atoms with E-state index in [0.717, 1.165) is 16.2 Å². The zero-order valence-electron chi connectivity index (χ0n) is 10.5.